The molecule has 0 aromatic heterocycles. The number of ether oxygens (including phenoxy) is 3. The highest BCUT2D eigenvalue weighted by Crippen LogP contribution is 2.35. The molecule has 2 aromatic rings. The van der Waals surface area contributed by atoms with Gasteiger partial charge in [0, 0.05) is 17.3 Å². The van der Waals surface area contributed by atoms with Crippen LogP contribution in [-0.4, -0.2) is 54.3 Å². The number of thioether (sulfide) groups is 1. The molecule has 0 spiro atoms. The van der Waals surface area contributed by atoms with Crippen LogP contribution < -0.4 is 14.8 Å². The summed E-state index contributed by atoms with van der Waals surface area (Å²) in [7, 11) is 0. The van der Waals surface area contributed by atoms with E-state index in [4.69, 9.17) is 25.8 Å². The third-order valence-electron chi connectivity index (χ3n) is 5.26. The van der Waals surface area contributed by atoms with Crippen LogP contribution in [0, 0.1) is 0 Å². The normalized spacial score (nSPS) is 14.1. The van der Waals surface area contributed by atoms with E-state index in [0.717, 1.165) is 29.5 Å². The second-order valence-corrected chi connectivity index (χ2v) is 9.47. The van der Waals surface area contributed by atoms with Crippen molar-refractivity contribution in [2.24, 2.45) is 0 Å². The van der Waals surface area contributed by atoms with Gasteiger partial charge in [0.1, 0.15) is 18.0 Å². The number of halogens is 1. The summed E-state index contributed by atoms with van der Waals surface area (Å²) < 4.78 is 16.4. The number of rotatable bonds is 12. The minimum absolute atomic E-state index is 0.107. The molecule has 202 valence electrons. The summed E-state index contributed by atoms with van der Waals surface area (Å²) in [5.41, 5.74) is 0.986. The first-order valence-corrected chi connectivity index (χ1v) is 13.4. The molecule has 0 unspecified atom stereocenters. The van der Waals surface area contributed by atoms with Gasteiger partial charge in [0.2, 0.25) is 5.91 Å². The first kappa shape index (κ1) is 29.1. The molecular weight excluding hydrogens is 532 g/mol. The molecule has 2 aromatic carbocycles. The van der Waals surface area contributed by atoms with Crippen molar-refractivity contribution >= 4 is 58.1 Å². The van der Waals surface area contributed by atoms with E-state index in [-0.39, 0.29) is 27.8 Å². The molecule has 1 aliphatic heterocycles. The number of nitrogens with one attached hydrogen (secondary N) is 1. The maximum Gasteiger partial charge on any atom is 0.339 e. The molecule has 9 nitrogen and oxygen atoms in total. The Morgan fingerprint density at radius 3 is 2.53 bits per heavy atom. The lowest BCUT2D eigenvalue weighted by molar-refractivity contribution is -0.127. The molecule has 0 saturated carbocycles. The molecular formula is C27H29ClN2O7S. The highest BCUT2D eigenvalue weighted by atomic mass is 35.5. The van der Waals surface area contributed by atoms with Crippen LogP contribution in [0.4, 0.5) is 10.5 Å². The Morgan fingerprint density at radius 1 is 1.05 bits per heavy atom. The Morgan fingerprint density at radius 2 is 1.82 bits per heavy atom. The van der Waals surface area contributed by atoms with Crippen molar-refractivity contribution in [1.29, 1.82) is 0 Å². The fourth-order valence-electron chi connectivity index (χ4n) is 3.44. The maximum absolute atomic E-state index is 13.0. The molecule has 11 heteroatoms. The molecule has 1 saturated heterocycles. The first-order chi connectivity index (χ1) is 18.3. The van der Waals surface area contributed by atoms with Gasteiger partial charge in [0.15, 0.2) is 0 Å². The van der Waals surface area contributed by atoms with Crippen LogP contribution in [0.1, 0.15) is 49.5 Å². The van der Waals surface area contributed by atoms with Crippen molar-refractivity contribution in [3.8, 4) is 11.5 Å². The average Bonchev–Trinajstić information content (AvgIpc) is 3.14. The van der Waals surface area contributed by atoms with E-state index in [0.29, 0.717) is 30.3 Å². The van der Waals surface area contributed by atoms with Crippen LogP contribution in [0.2, 0.25) is 5.02 Å². The van der Waals surface area contributed by atoms with Gasteiger partial charge in [-0.05, 0) is 68.4 Å². The van der Waals surface area contributed by atoms with Gasteiger partial charge in [-0.25, -0.2) is 4.79 Å². The Kier molecular flexibility index (Phi) is 10.6. The Balaban J connectivity index is 1.70. The van der Waals surface area contributed by atoms with E-state index in [1.165, 1.54) is 18.2 Å². The van der Waals surface area contributed by atoms with Gasteiger partial charge in [-0.3, -0.25) is 19.3 Å². The van der Waals surface area contributed by atoms with Crippen molar-refractivity contribution in [1.82, 2.24) is 4.90 Å². The zero-order valence-corrected chi connectivity index (χ0v) is 22.9. The smallest absolute Gasteiger partial charge is 0.339 e. The quantitative estimate of drug-likeness (QED) is 0.198. The fourth-order valence-corrected chi connectivity index (χ4v) is 4.46. The first-order valence-electron chi connectivity index (χ1n) is 12.2. The lowest BCUT2D eigenvalue weighted by Crippen LogP contribution is -2.36. The number of benzene rings is 2. The van der Waals surface area contributed by atoms with Gasteiger partial charge < -0.3 is 19.5 Å². The van der Waals surface area contributed by atoms with Gasteiger partial charge in [-0.15, -0.1) is 0 Å². The third kappa shape index (κ3) is 7.52. The predicted molar refractivity (Wildman–Crippen MR) is 147 cm³/mol. The minimum atomic E-state index is -0.614. The van der Waals surface area contributed by atoms with Crippen molar-refractivity contribution in [2.75, 3.05) is 31.7 Å². The summed E-state index contributed by atoms with van der Waals surface area (Å²) in [4.78, 5) is 51.5. The highest BCUT2D eigenvalue weighted by molar-refractivity contribution is 8.18. The molecule has 0 aliphatic carbocycles. The van der Waals surface area contributed by atoms with E-state index < -0.39 is 29.6 Å². The van der Waals surface area contributed by atoms with E-state index in [1.54, 1.807) is 24.3 Å². The standard InChI is InChI=1S/C27H29ClN2O7S/c1-4-7-12-37-26(33)20-14-18(9-11-21(20)28)29-24(31)16-30-25(32)23(38-27(30)34)13-17-8-10-19(35-5-2)15-22(17)36-6-3/h8-11,13-15H,4-7,12,16H2,1-3H3,(H,29,31)/b23-13+. The van der Waals surface area contributed by atoms with Crippen LogP contribution >= 0.6 is 23.4 Å². The van der Waals surface area contributed by atoms with Crippen LogP contribution in [0.15, 0.2) is 41.3 Å². The highest BCUT2D eigenvalue weighted by Gasteiger charge is 2.36. The van der Waals surface area contributed by atoms with Crippen molar-refractivity contribution < 1.29 is 33.4 Å². The summed E-state index contributed by atoms with van der Waals surface area (Å²) in [6.07, 6.45) is 3.14. The second-order valence-electron chi connectivity index (χ2n) is 8.07. The van der Waals surface area contributed by atoms with Gasteiger partial charge in [-0.1, -0.05) is 24.9 Å². The van der Waals surface area contributed by atoms with E-state index in [2.05, 4.69) is 5.32 Å². The number of anilines is 1. The Labute approximate surface area is 230 Å². The zero-order chi connectivity index (χ0) is 27.7. The van der Waals surface area contributed by atoms with Gasteiger partial charge in [0.05, 0.1) is 35.3 Å². The topological polar surface area (TPSA) is 111 Å². The lowest BCUT2D eigenvalue weighted by atomic mass is 10.1. The minimum Gasteiger partial charge on any atom is -0.494 e. The molecule has 3 rings (SSSR count). The van der Waals surface area contributed by atoms with Crippen molar-refractivity contribution in [3.63, 3.8) is 0 Å². The zero-order valence-electron chi connectivity index (χ0n) is 21.4. The summed E-state index contributed by atoms with van der Waals surface area (Å²) in [5.74, 6) is -0.677. The molecule has 1 heterocycles. The summed E-state index contributed by atoms with van der Waals surface area (Å²) in [6.45, 7) is 6.34. The second kappa shape index (κ2) is 13.9. The number of carbonyl (C=O) groups excluding carboxylic acids is 4. The van der Waals surface area contributed by atoms with Gasteiger partial charge in [-0.2, -0.15) is 0 Å². The number of esters is 1. The van der Waals surface area contributed by atoms with E-state index in [1.807, 2.05) is 20.8 Å². The molecule has 1 fully saturated rings. The number of unbranched alkanes of at least 4 members (excludes halogenated alkanes) is 1. The number of hydrogen-bond donors (Lipinski definition) is 1. The number of imide groups is 1. The van der Waals surface area contributed by atoms with E-state index in [9.17, 15) is 19.2 Å². The molecule has 3 amide bonds. The van der Waals surface area contributed by atoms with Crippen molar-refractivity contribution in [2.45, 2.75) is 33.6 Å². The lowest BCUT2D eigenvalue weighted by Gasteiger charge is -2.13. The largest absolute Gasteiger partial charge is 0.494 e. The SMILES string of the molecule is CCCCOC(=O)c1cc(NC(=O)CN2C(=O)S/C(=C/c3ccc(OCC)cc3OCC)C2=O)ccc1Cl. The Hall–Kier alpha value is -3.50. The van der Waals surface area contributed by atoms with Crippen LogP contribution in [0.5, 0.6) is 11.5 Å². The summed E-state index contributed by atoms with van der Waals surface area (Å²) in [6, 6.07) is 9.57. The number of nitrogens with zero attached hydrogens (tertiary/aromatic N) is 1. The Bertz CT molecular complexity index is 1250. The van der Waals surface area contributed by atoms with Crippen LogP contribution in [0.25, 0.3) is 6.08 Å². The molecule has 0 radical (unpaired) electrons. The molecule has 1 N–H and O–H groups in total. The summed E-state index contributed by atoms with van der Waals surface area (Å²) >= 11 is 6.85. The maximum atomic E-state index is 13.0. The summed E-state index contributed by atoms with van der Waals surface area (Å²) in [5, 5.41) is 2.20. The molecule has 0 atom stereocenters. The van der Waals surface area contributed by atoms with Crippen LogP contribution in [-0.2, 0) is 14.3 Å². The number of hydrogen-bond acceptors (Lipinski definition) is 8. The molecule has 0 bridgehead atoms. The third-order valence-corrected chi connectivity index (χ3v) is 6.50. The van der Waals surface area contributed by atoms with Crippen molar-refractivity contribution in [3.05, 3.63) is 57.5 Å². The van der Waals surface area contributed by atoms with Gasteiger partial charge in [0.25, 0.3) is 11.1 Å². The number of carbonyl (C=O) groups is 4. The molecule has 38 heavy (non-hydrogen) atoms. The monoisotopic (exact) mass is 560 g/mol. The average molecular weight is 561 g/mol. The van der Waals surface area contributed by atoms with E-state index >= 15 is 0 Å². The van der Waals surface area contributed by atoms with Gasteiger partial charge >= 0.3 is 5.97 Å². The predicted octanol–water partition coefficient (Wildman–Crippen LogP) is 5.77. The molecule has 1 aliphatic rings. The number of amides is 3. The van der Waals surface area contributed by atoms with Crippen LogP contribution in [0.3, 0.4) is 0 Å². The fraction of sp³-hybridized carbons (Fsp3) is 0.333.